The smallest absolute Gasteiger partial charge is 0.439 e. The normalized spacial score (nSPS) is 17.2. The summed E-state index contributed by atoms with van der Waals surface area (Å²) in [6.45, 7) is -1.48. The van der Waals surface area contributed by atoms with Crippen LogP contribution in [0.4, 0.5) is 23.2 Å². The molecule has 14 nitrogen and oxygen atoms in total. The molecule has 19 heteroatoms. The van der Waals surface area contributed by atoms with Gasteiger partial charge in [-0.1, -0.05) is 61.4 Å². The quantitative estimate of drug-likeness (QED) is 0.0988. The van der Waals surface area contributed by atoms with Crippen molar-refractivity contribution in [3.8, 4) is 0 Å². The van der Waals surface area contributed by atoms with Gasteiger partial charge in [0.15, 0.2) is 6.73 Å². The molecule has 3 amide bonds. The van der Waals surface area contributed by atoms with Crippen LogP contribution < -0.4 is 16.0 Å². The first-order chi connectivity index (χ1) is 25.0. The molecule has 5 N–H and O–H groups in total. The highest BCUT2D eigenvalue weighted by atomic mass is 31.2. The van der Waals surface area contributed by atoms with Gasteiger partial charge in [0.25, 0.3) is 5.91 Å². The van der Waals surface area contributed by atoms with E-state index in [0.29, 0.717) is 23.3 Å². The minimum Gasteiger partial charge on any atom is -0.439 e. The summed E-state index contributed by atoms with van der Waals surface area (Å²) in [4.78, 5) is 80.5. The molecule has 0 spiro atoms. The first-order valence-corrected chi connectivity index (χ1v) is 17.8. The molecule has 3 aromatic rings. The third-order valence-electron chi connectivity index (χ3n) is 8.57. The van der Waals surface area contributed by atoms with Crippen LogP contribution in [0.1, 0.15) is 59.3 Å². The second-order valence-corrected chi connectivity index (χ2v) is 13.7. The van der Waals surface area contributed by atoms with Crippen molar-refractivity contribution in [2.75, 3.05) is 11.6 Å². The Bertz CT molecular complexity index is 1920. The molecule has 0 unspecified atom stereocenters. The Kier molecular flexibility index (Phi) is 12.1. The molecule has 2 heterocycles. The SMILES string of the molecule is NC(=O)[C@@H](CC1CC1)[C@@H](CCC(F)(F)F)C(=O)N[C@H]1N=C(c2ccccc2)c2cccc(F)c2N(COC(=O)c2ccc(COP(=O)(O)O)cn2)C1=O. The number of hydrogen-bond acceptors (Lipinski definition) is 9. The zero-order valence-corrected chi connectivity index (χ0v) is 28.6. The summed E-state index contributed by atoms with van der Waals surface area (Å²) in [5.74, 6) is -8.14. The summed E-state index contributed by atoms with van der Waals surface area (Å²) >= 11 is 0. The number of amides is 3. The molecule has 0 saturated heterocycles. The summed E-state index contributed by atoms with van der Waals surface area (Å²) in [6, 6.07) is 14.4. The number of alkyl halides is 3. The van der Waals surface area contributed by atoms with E-state index in [-0.39, 0.29) is 40.6 Å². The average molecular weight is 764 g/mol. The lowest BCUT2D eigenvalue weighted by atomic mass is 9.83. The largest absolute Gasteiger partial charge is 0.469 e. The number of pyridine rings is 1. The van der Waals surface area contributed by atoms with Crippen LogP contribution in [0.25, 0.3) is 0 Å². The van der Waals surface area contributed by atoms with E-state index < -0.39 is 87.7 Å². The topological polar surface area (TPSA) is 211 Å². The lowest BCUT2D eigenvalue weighted by Gasteiger charge is -2.28. The van der Waals surface area contributed by atoms with Gasteiger partial charge in [-0.05, 0) is 36.5 Å². The highest BCUT2D eigenvalue weighted by molar-refractivity contribution is 7.46. The van der Waals surface area contributed by atoms with Gasteiger partial charge in [-0.25, -0.2) is 23.7 Å². The Balaban J connectivity index is 1.48. The number of carbonyl (C=O) groups excluding carboxylic acids is 4. The number of benzodiazepines with no additional fused rings is 1. The van der Waals surface area contributed by atoms with Crippen LogP contribution in [0.3, 0.4) is 0 Å². The van der Waals surface area contributed by atoms with Crippen molar-refractivity contribution in [3.05, 3.63) is 95.1 Å². The Hall–Kier alpha value is -5.03. The maximum atomic E-state index is 15.8. The third-order valence-corrected chi connectivity index (χ3v) is 9.03. The number of nitrogens with two attached hydrogens (primary N) is 1. The van der Waals surface area contributed by atoms with Crippen molar-refractivity contribution in [3.63, 3.8) is 0 Å². The van der Waals surface area contributed by atoms with E-state index in [1.54, 1.807) is 30.3 Å². The van der Waals surface area contributed by atoms with E-state index in [9.17, 15) is 36.9 Å². The van der Waals surface area contributed by atoms with E-state index in [0.717, 1.165) is 18.3 Å². The summed E-state index contributed by atoms with van der Waals surface area (Å²) in [5, 5.41) is 2.37. The molecule has 1 fully saturated rings. The zero-order chi connectivity index (χ0) is 38.5. The number of phosphoric ester groups is 1. The van der Waals surface area contributed by atoms with E-state index in [1.807, 2.05) is 0 Å². The van der Waals surface area contributed by atoms with Crippen molar-refractivity contribution in [1.82, 2.24) is 10.3 Å². The fourth-order valence-corrected chi connectivity index (χ4v) is 6.11. The molecule has 1 aliphatic carbocycles. The second-order valence-electron chi connectivity index (χ2n) is 12.5. The number of rotatable bonds is 15. The number of halogens is 4. The van der Waals surface area contributed by atoms with Gasteiger partial charge < -0.3 is 25.6 Å². The van der Waals surface area contributed by atoms with Gasteiger partial charge in [0, 0.05) is 35.6 Å². The summed E-state index contributed by atoms with van der Waals surface area (Å²) < 4.78 is 76.6. The first-order valence-electron chi connectivity index (χ1n) is 16.2. The summed E-state index contributed by atoms with van der Waals surface area (Å²) in [7, 11) is -4.79. The monoisotopic (exact) mass is 763 g/mol. The number of ether oxygens (including phenoxy) is 1. The third kappa shape index (κ3) is 10.5. The van der Waals surface area contributed by atoms with Gasteiger partial charge in [-0.15, -0.1) is 0 Å². The van der Waals surface area contributed by atoms with Crippen LogP contribution in [0.2, 0.25) is 0 Å². The number of fused-ring (bicyclic) bond motifs is 1. The van der Waals surface area contributed by atoms with Gasteiger partial charge in [0.1, 0.15) is 11.5 Å². The highest BCUT2D eigenvalue weighted by Gasteiger charge is 2.42. The van der Waals surface area contributed by atoms with Crippen molar-refractivity contribution < 1.29 is 60.4 Å². The van der Waals surface area contributed by atoms with Crippen LogP contribution in [-0.2, 0) is 34.8 Å². The lowest BCUT2D eigenvalue weighted by molar-refractivity contribution is -0.146. The Morgan fingerprint density at radius 1 is 1.04 bits per heavy atom. The molecule has 53 heavy (non-hydrogen) atoms. The number of hydrogen-bond donors (Lipinski definition) is 4. The number of phosphoric acid groups is 1. The molecule has 2 aliphatic rings. The first kappa shape index (κ1) is 39.2. The molecule has 2 aromatic carbocycles. The minimum absolute atomic E-state index is 0.00250. The molecule has 5 rings (SSSR count). The van der Waals surface area contributed by atoms with E-state index >= 15 is 4.39 Å². The second kappa shape index (κ2) is 16.3. The Morgan fingerprint density at radius 2 is 1.75 bits per heavy atom. The average Bonchev–Trinajstić information content (AvgIpc) is 3.94. The number of benzene rings is 2. The summed E-state index contributed by atoms with van der Waals surface area (Å²) in [5.41, 5.74) is 5.51. The van der Waals surface area contributed by atoms with Crippen molar-refractivity contribution >= 4 is 42.9 Å². The Labute approximate surface area is 299 Å². The molecule has 1 aliphatic heterocycles. The summed E-state index contributed by atoms with van der Waals surface area (Å²) in [6.07, 6.45) is -6.22. The maximum absolute atomic E-state index is 15.8. The van der Waals surface area contributed by atoms with Crippen molar-refractivity contribution in [1.29, 1.82) is 0 Å². The minimum atomic E-state index is -4.79. The van der Waals surface area contributed by atoms with Gasteiger partial charge in [0.2, 0.25) is 18.0 Å². The number of nitrogens with one attached hydrogen (secondary N) is 1. The van der Waals surface area contributed by atoms with Crippen LogP contribution in [-0.4, -0.2) is 63.2 Å². The van der Waals surface area contributed by atoms with Crippen LogP contribution >= 0.6 is 7.82 Å². The predicted octanol–water partition coefficient (Wildman–Crippen LogP) is 4.13. The van der Waals surface area contributed by atoms with E-state index in [4.69, 9.17) is 20.3 Å². The lowest BCUT2D eigenvalue weighted by Crippen LogP contribution is -2.51. The van der Waals surface area contributed by atoms with Gasteiger partial charge in [0.05, 0.1) is 18.0 Å². The fraction of sp³-hybridized carbons (Fsp3) is 0.353. The number of anilines is 1. The van der Waals surface area contributed by atoms with Gasteiger partial charge >= 0.3 is 20.0 Å². The van der Waals surface area contributed by atoms with Gasteiger partial charge in [-0.2, -0.15) is 13.2 Å². The fourth-order valence-electron chi connectivity index (χ4n) is 5.79. The number of primary amides is 1. The van der Waals surface area contributed by atoms with Crippen LogP contribution in [0.15, 0.2) is 71.9 Å². The molecule has 282 valence electrons. The zero-order valence-electron chi connectivity index (χ0n) is 27.7. The van der Waals surface area contributed by atoms with Crippen molar-refractivity contribution in [2.45, 2.75) is 51.1 Å². The molecule has 1 saturated carbocycles. The molecule has 0 radical (unpaired) electrons. The molecular weight excluding hydrogens is 729 g/mol. The molecular formula is C34H34F4N5O9P. The standard InChI is InChI=1S/C34H34F4N5O9P/c35-25-8-4-7-23-27(21-5-2-1-3-6-21)41-30(42-31(45)22(13-14-34(36,37)38)24(29(39)44)15-19-9-10-19)32(46)43(28(23)25)18-51-33(47)26-12-11-20(16-40-26)17-52-53(48,49)50/h1-8,11-12,16,19,22,24,30H,9-10,13-15,17-18H2,(H2,39,44)(H,42,45)(H2,48,49,50)/t22-,24+,30-/m1/s1. The molecule has 1 aromatic heterocycles. The molecule has 3 atom stereocenters. The number of aromatic nitrogens is 1. The van der Waals surface area contributed by atoms with Crippen LogP contribution in [0, 0.1) is 23.6 Å². The van der Waals surface area contributed by atoms with Crippen molar-refractivity contribution in [2.24, 2.45) is 28.5 Å². The maximum Gasteiger partial charge on any atom is 0.469 e. The number of aliphatic imine (C=N–C) groups is 1. The predicted molar refractivity (Wildman–Crippen MR) is 178 cm³/mol. The highest BCUT2D eigenvalue weighted by Crippen LogP contribution is 2.40. The number of esters is 1. The van der Waals surface area contributed by atoms with E-state index in [2.05, 4.69) is 19.8 Å². The van der Waals surface area contributed by atoms with E-state index in [1.165, 1.54) is 18.2 Å². The number of nitrogens with zero attached hydrogens (tertiary/aromatic N) is 3. The molecule has 0 bridgehead atoms. The number of para-hydroxylation sites is 1. The van der Waals surface area contributed by atoms with Crippen LogP contribution in [0.5, 0.6) is 0 Å². The Morgan fingerprint density at radius 3 is 2.36 bits per heavy atom. The van der Waals surface area contributed by atoms with Gasteiger partial charge in [-0.3, -0.25) is 23.8 Å². The number of carbonyl (C=O) groups is 4.